The summed E-state index contributed by atoms with van der Waals surface area (Å²) in [6.45, 7) is 4.35. The summed E-state index contributed by atoms with van der Waals surface area (Å²) in [4.78, 5) is 4.18. The first kappa shape index (κ1) is 8.75. The molecule has 0 atom stereocenters. The summed E-state index contributed by atoms with van der Waals surface area (Å²) in [5, 5.41) is 1.19. The molecule has 0 fully saturated rings. The van der Waals surface area contributed by atoms with E-state index in [1.807, 2.05) is 6.20 Å². The quantitative estimate of drug-likeness (QED) is 0.697. The number of rotatable bonds is 1. The monoisotopic (exact) mass is 238 g/mol. The van der Waals surface area contributed by atoms with Gasteiger partial charge in [-0.15, -0.1) is 0 Å². The predicted octanol–water partition coefficient (Wildman–Crippen LogP) is 3.38. The van der Waals surface area contributed by atoms with Gasteiger partial charge >= 0.3 is 0 Å². The van der Waals surface area contributed by atoms with Gasteiger partial charge in [-0.05, 0) is 41.9 Å². The summed E-state index contributed by atoms with van der Waals surface area (Å²) in [7, 11) is 0. The summed E-state index contributed by atoms with van der Waals surface area (Å²) in [5.41, 5.74) is 1.23. The standard InChI is InChI=1S/C10H11BrN2/c1-7(2)13-4-3-8-6-12-10(11)5-9(8)13/h3-7H,1-2H3. The molecule has 0 aliphatic carbocycles. The van der Waals surface area contributed by atoms with E-state index in [0.29, 0.717) is 6.04 Å². The van der Waals surface area contributed by atoms with Crippen molar-refractivity contribution in [1.29, 1.82) is 0 Å². The third kappa shape index (κ3) is 1.48. The van der Waals surface area contributed by atoms with Crippen molar-refractivity contribution in [1.82, 2.24) is 9.55 Å². The van der Waals surface area contributed by atoms with Crippen molar-refractivity contribution in [2.75, 3.05) is 0 Å². The lowest BCUT2D eigenvalue weighted by molar-refractivity contribution is 0.623. The maximum atomic E-state index is 4.18. The number of hydrogen-bond donors (Lipinski definition) is 0. The van der Waals surface area contributed by atoms with E-state index in [0.717, 1.165) is 4.60 Å². The lowest BCUT2D eigenvalue weighted by atomic mass is 10.3. The molecule has 0 saturated carbocycles. The van der Waals surface area contributed by atoms with Gasteiger partial charge in [-0.25, -0.2) is 4.98 Å². The molecule has 2 aromatic heterocycles. The van der Waals surface area contributed by atoms with Crippen LogP contribution in [0.3, 0.4) is 0 Å². The van der Waals surface area contributed by atoms with E-state index < -0.39 is 0 Å². The second-order valence-corrected chi connectivity index (χ2v) is 4.20. The molecule has 0 unspecified atom stereocenters. The molecule has 68 valence electrons. The van der Waals surface area contributed by atoms with Gasteiger partial charge in [-0.3, -0.25) is 0 Å². The number of nitrogens with zero attached hydrogens (tertiary/aromatic N) is 2. The molecule has 0 aromatic carbocycles. The lowest BCUT2D eigenvalue weighted by Crippen LogP contribution is -1.97. The Morgan fingerprint density at radius 1 is 1.46 bits per heavy atom. The van der Waals surface area contributed by atoms with Crippen molar-refractivity contribution in [3.8, 4) is 0 Å². The van der Waals surface area contributed by atoms with Gasteiger partial charge in [0.1, 0.15) is 4.60 Å². The summed E-state index contributed by atoms with van der Waals surface area (Å²) >= 11 is 3.38. The van der Waals surface area contributed by atoms with E-state index >= 15 is 0 Å². The van der Waals surface area contributed by atoms with Gasteiger partial charge in [0.15, 0.2) is 0 Å². The summed E-state index contributed by atoms with van der Waals surface area (Å²) in [6.07, 6.45) is 3.99. The Bertz CT molecular complexity index is 431. The molecule has 2 nitrogen and oxygen atoms in total. The van der Waals surface area contributed by atoms with Gasteiger partial charge in [-0.1, -0.05) is 0 Å². The third-order valence-electron chi connectivity index (χ3n) is 2.13. The van der Waals surface area contributed by atoms with Crippen LogP contribution in [0.2, 0.25) is 0 Å². The van der Waals surface area contributed by atoms with Crippen LogP contribution in [0, 0.1) is 0 Å². The third-order valence-corrected chi connectivity index (χ3v) is 2.56. The summed E-state index contributed by atoms with van der Waals surface area (Å²) in [5.74, 6) is 0. The number of halogens is 1. The molecule has 0 amide bonds. The smallest absolute Gasteiger partial charge is 0.108 e. The molecule has 0 radical (unpaired) electrons. The molecule has 13 heavy (non-hydrogen) atoms. The van der Waals surface area contributed by atoms with E-state index in [1.165, 1.54) is 10.9 Å². The highest BCUT2D eigenvalue weighted by atomic mass is 79.9. The van der Waals surface area contributed by atoms with Crippen molar-refractivity contribution < 1.29 is 0 Å². The van der Waals surface area contributed by atoms with Gasteiger partial charge in [0.05, 0.1) is 5.52 Å². The minimum Gasteiger partial charge on any atom is -0.345 e. The Labute approximate surface area is 85.7 Å². The van der Waals surface area contributed by atoms with Crippen LogP contribution in [0.25, 0.3) is 10.9 Å². The maximum absolute atomic E-state index is 4.18. The molecule has 0 bridgehead atoms. The normalized spacial score (nSPS) is 11.4. The zero-order valence-electron chi connectivity index (χ0n) is 7.66. The number of pyridine rings is 1. The van der Waals surface area contributed by atoms with Crippen LogP contribution >= 0.6 is 15.9 Å². The average Bonchev–Trinajstić information content (AvgIpc) is 2.46. The topological polar surface area (TPSA) is 17.8 Å². The SMILES string of the molecule is CC(C)n1ccc2cnc(Br)cc21. The molecular weight excluding hydrogens is 228 g/mol. The van der Waals surface area contributed by atoms with E-state index in [2.05, 4.69) is 57.7 Å². The number of aromatic nitrogens is 2. The summed E-state index contributed by atoms with van der Waals surface area (Å²) in [6, 6.07) is 4.64. The molecular formula is C10H11BrN2. The Hall–Kier alpha value is -0.830. The van der Waals surface area contributed by atoms with E-state index in [1.54, 1.807) is 0 Å². The van der Waals surface area contributed by atoms with Crippen LogP contribution in [0.15, 0.2) is 29.1 Å². The van der Waals surface area contributed by atoms with Gasteiger partial charge in [0.25, 0.3) is 0 Å². The minimum atomic E-state index is 0.492. The van der Waals surface area contributed by atoms with Gasteiger partial charge in [-0.2, -0.15) is 0 Å². The Balaban J connectivity index is 2.71. The van der Waals surface area contributed by atoms with E-state index in [9.17, 15) is 0 Å². The molecule has 0 aliphatic rings. The first-order valence-corrected chi connectivity index (χ1v) is 5.10. The van der Waals surface area contributed by atoms with Gasteiger partial charge in [0.2, 0.25) is 0 Å². The molecule has 2 heterocycles. The molecule has 0 saturated heterocycles. The minimum absolute atomic E-state index is 0.492. The van der Waals surface area contributed by atoms with Gasteiger partial charge < -0.3 is 4.57 Å². The van der Waals surface area contributed by atoms with Gasteiger partial charge in [0, 0.05) is 23.8 Å². The highest BCUT2D eigenvalue weighted by Gasteiger charge is 2.04. The second kappa shape index (κ2) is 3.14. The van der Waals surface area contributed by atoms with Crippen molar-refractivity contribution in [3.05, 3.63) is 29.1 Å². The average molecular weight is 239 g/mol. The van der Waals surface area contributed by atoms with Crippen LogP contribution < -0.4 is 0 Å². The molecule has 0 aliphatic heterocycles. The highest BCUT2D eigenvalue weighted by molar-refractivity contribution is 9.10. The molecule has 2 aromatic rings. The highest BCUT2D eigenvalue weighted by Crippen LogP contribution is 2.21. The molecule has 3 heteroatoms. The molecule has 0 N–H and O–H groups in total. The van der Waals surface area contributed by atoms with Crippen molar-refractivity contribution in [2.45, 2.75) is 19.9 Å². The zero-order chi connectivity index (χ0) is 9.42. The molecule has 0 spiro atoms. The Morgan fingerprint density at radius 3 is 2.92 bits per heavy atom. The molecule has 2 rings (SSSR count). The Kier molecular flexibility index (Phi) is 2.12. The fourth-order valence-corrected chi connectivity index (χ4v) is 1.79. The lowest BCUT2D eigenvalue weighted by Gasteiger charge is -2.08. The van der Waals surface area contributed by atoms with Crippen LogP contribution in [-0.2, 0) is 0 Å². The van der Waals surface area contributed by atoms with Crippen molar-refractivity contribution >= 4 is 26.8 Å². The predicted molar refractivity (Wildman–Crippen MR) is 57.8 cm³/mol. The van der Waals surface area contributed by atoms with E-state index in [-0.39, 0.29) is 0 Å². The fraction of sp³-hybridized carbons (Fsp3) is 0.300. The first-order valence-electron chi connectivity index (χ1n) is 4.30. The second-order valence-electron chi connectivity index (χ2n) is 3.38. The Morgan fingerprint density at radius 2 is 2.23 bits per heavy atom. The van der Waals surface area contributed by atoms with Crippen molar-refractivity contribution in [2.24, 2.45) is 0 Å². The number of fused-ring (bicyclic) bond motifs is 1. The van der Waals surface area contributed by atoms with E-state index in [4.69, 9.17) is 0 Å². The zero-order valence-corrected chi connectivity index (χ0v) is 9.25. The van der Waals surface area contributed by atoms with Crippen LogP contribution in [0.4, 0.5) is 0 Å². The number of hydrogen-bond acceptors (Lipinski definition) is 1. The fourth-order valence-electron chi connectivity index (χ4n) is 1.47. The summed E-state index contributed by atoms with van der Waals surface area (Å²) < 4.78 is 3.13. The van der Waals surface area contributed by atoms with Crippen LogP contribution in [0.1, 0.15) is 19.9 Å². The van der Waals surface area contributed by atoms with Crippen LogP contribution in [-0.4, -0.2) is 9.55 Å². The van der Waals surface area contributed by atoms with Crippen molar-refractivity contribution in [3.63, 3.8) is 0 Å². The first-order chi connectivity index (χ1) is 6.18. The largest absolute Gasteiger partial charge is 0.345 e. The van der Waals surface area contributed by atoms with Crippen LogP contribution in [0.5, 0.6) is 0 Å². The maximum Gasteiger partial charge on any atom is 0.108 e.